The average Bonchev–Trinajstić information content (AvgIpc) is 2.93. The molecule has 0 bridgehead atoms. The topological polar surface area (TPSA) is 107 Å². The van der Waals surface area contributed by atoms with Gasteiger partial charge < -0.3 is 25.2 Å². The van der Waals surface area contributed by atoms with Crippen LogP contribution in [0.15, 0.2) is 48.6 Å². The predicted molar refractivity (Wildman–Crippen MR) is 111 cm³/mol. The normalized spacial score (nSPS) is 25.7. The number of aliphatic hydroxyl groups excluding tert-OH is 3. The van der Waals surface area contributed by atoms with Crippen molar-refractivity contribution in [1.82, 2.24) is 0 Å². The number of rotatable bonds is 11. The SMILES string of the molecule is O=C(O)CCCC=CC[C@@H]1[C@@H](/C=C/C(O)COc2cccc(Cl)c2)[C@H](O)C[C@@H]1O. The third kappa shape index (κ3) is 8.19. The molecule has 29 heavy (non-hydrogen) atoms. The Labute approximate surface area is 176 Å². The largest absolute Gasteiger partial charge is 0.491 e. The van der Waals surface area contributed by atoms with Gasteiger partial charge in [0.25, 0.3) is 0 Å². The van der Waals surface area contributed by atoms with Gasteiger partial charge in [-0.25, -0.2) is 0 Å². The maximum Gasteiger partial charge on any atom is 0.303 e. The van der Waals surface area contributed by atoms with Crippen LogP contribution in [0.25, 0.3) is 0 Å². The Kier molecular flexibility index (Phi) is 9.67. The molecule has 5 atom stereocenters. The van der Waals surface area contributed by atoms with Gasteiger partial charge in [-0.2, -0.15) is 0 Å². The number of carboxylic acid groups (broad SMARTS) is 1. The van der Waals surface area contributed by atoms with Crippen LogP contribution in [0.4, 0.5) is 0 Å². The molecule has 0 aromatic heterocycles. The van der Waals surface area contributed by atoms with Crippen molar-refractivity contribution in [3.63, 3.8) is 0 Å². The minimum Gasteiger partial charge on any atom is -0.491 e. The summed E-state index contributed by atoms with van der Waals surface area (Å²) in [6, 6.07) is 6.90. The molecule has 0 saturated heterocycles. The van der Waals surface area contributed by atoms with Gasteiger partial charge in [0.1, 0.15) is 18.5 Å². The second-order valence-electron chi connectivity index (χ2n) is 7.33. The lowest BCUT2D eigenvalue weighted by molar-refractivity contribution is -0.137. The Morgan fingerprint density at radius 1 is 1.28 bits per heavy atom. The van der Waals surface area contributed by atoms with Crippen LogP contribution in [0, 0.1) is 11.8 Å². The maximum atomic E-state index is 10.5. The van der Waals surface area contributed by atoms with Crippen LogP contribution in [0.1, 0.15) is 32.1 Å². The highest BCUT2D eigenvalue weighted by Crippen LogP contribution is 2.36. The van der Waals surface area contributed by atoms with Crippen molar-refractivity contribution in [3.8, 4) is 5.75 Å². The summed E-state index contributed by atoms with van der Waals surface area (Å²) in [7, 11) is 0. The highest BCUT2D eigenvalue weighted by Gasteiger charge is 2.39. The molecule has 1 aromatic rings. The van der Waals surface area contributed by atoms with Gasteiger partial charge in [-0.3, -0.25) is 4.79 Å². The van der Waals surface area contributed by atoms with E-state index in [9.17, 15) is 20.1 Å². The van der Waals surface area contributed by atoms with Crippen molar-refractivity contribution < 1.29 is 30.0 Å². The quantitative estimate of drug-likeness (QED) is 0.321. The minimum atomic E-state index is -0.855. The Hall–Kier alpha value is -1.86. The standard InChI is InChI=1S/C22H29ClO6/c23-15-6-5-7-17(12-15)29-14-16(24)10-11-19-18(20(25)13-21(19)26)8-3-1-2-4-9-22(27)28/h1,3,5-7,10-12,16,18-21,24-26H,2,4,8-9,13-14H2,(H,27,28)/b3-1?,11-10+/t16?,18-,19-,20+,21-/m1/s1. The van der Waals surface area contributed by atoms with Gasteiger partial charge in [0.2, 0.25) is 0 Å². The van der Waals surface area contributed by atoms with E-state index in [1.807, 2.05) is 12.2 Å². The maximum absolute atomic E-state index is 10.5. The van der Waals surface area contributed by atoms with Gasteiger partial charge in [0.05, 0.1) is 12.2 Å². The lowest BCUT2D eigenvalue weighted by atomic mass is 9.89. The molecule has 1 saturated carbocycles. The number of halogens is 1. The van der Waals surface area contributed by atoms with Crippen LogP contribution < -0.4 is 4.74 Å². The summed E-state index contributed by atoms with van der Waals surface area (Å²) in [4.78, 5) is 10.5. The van der Waals surface area contributed by atoms with Gasteiger partial charge in [0, 0.05) is 23.8 Å². The third-order valence-corrected chi connectivity index (χ3v) is 5.26. The molecule has 1 unspecified atom stereocenters. The molecule has 7 heteroatoms. The van der Waals surface area contributed by atoms with Crippen LogP contribution >= 0.6 is 11.6 Å². The Balaban J connectivity index is 1.83. The fraction of sp³-hybridized carbons (Fsp3) is 0.500. The second-order valence-corrected chi connectivity index (χ2v) is 7.76. The molecule has 1 aliphatic rings. The summed E-state index contributed by atoms with van der Waals surface area (Å²) in [5.74, 6) is -0.671. The predicted octanol–water partition coefficient (Wildman–Crippen LogP) is 3.20. The molecule has 1 fully saturated rings. The highest BCUT2D eigenvalue weighted by atomic mass is 35.5. The Bertz CT molecular complexity index is 704. The Morgan fingerprint density at radius 2 is 2.07 bits per heavy atom. The van der Waals surface area contributed by atoms with Crippen LogP contribution in [-0.4, -0.2) is 51.3 Å². The van der Waals surface area contributed by atoms with Crippen molar-refractivity contribution >= 4 is 17.6 Å². The summed E-state index contributed by atoms with van der Waals surface area (Å²) in [5.41, 5.74) is 0. The van der Waals surface area contributed by atoms with Gasteiger partial charge in [-0.1, -0.05) is 42.0 Å². The Morgan fingerprint density at radius 3 is 2.79 bits per heavy atom. The van der Waals surface area contributed by atoms with Crippen LogP contribution in [-0.2, 0) is 4.79 Å². The van der Waals surface area contributed by atoms with E-state index in [1.165, 1.54) is 0 Å². The van der Waals surface area contributed by atoms with E-state index in [2.05, 4.69) is 0 Å². The lowest BCUT2D eigenvalue weighted by Crippen LogP contribution is -2.21. The summed E-state index contributed by atoms with van der Waals surface area (Å²) >= 11 is 5.90. The number of carbonyl (C=O) groups is 1. The van der Waals surface area contributed by atoms with Gasteiger partial charge in [-0.05, 0) is 43.4 Å². The highest BCUT2D eigenvalue weighted by molar-refractivity contribution is 6.30. The molecule has 0 heterocycles. The number of benzene rings is 1. The second kappa shape index (κ2) is 12.0. The molecule has 1 aliphatic carbocycles. The number of hydrogen-bond acceptors (Lipinski definition) is 5. The number of aliphatic carboxylic acids is 1. The molecule has 0 spiro atoms. The smallest absolute Gasteiger partial charge is 0.303 e. The van der Waals surface area contributed by atoms with E-state index in [-0.39, 0.29) is 24.9 Å². The lowest BCUT2D eigenvalue weighted by Gasteiger charge is -2.19. The van der Waals surface area contributed by atoms with Crippen LogP contribution in [0.5, 0.6) is 5.75 Å². The van der Waals surface area contributed by atoms with E-state index in [1.54, 1.807) is 36.4 Å². The molecule has 0 amide bonds. The summed E-state index contributed by atoms with van der Waals surface area (Å²) in [6.07, 6.45) is 7.26. The van der Waals surface area contributed by atoms with Gasteiger partial charge >= 0.3 is 5.97 Å². The zero-order valence-corrected chi connectivity index (χ0v) is 17.0. The first-order valence-electron chi connectivity index (χ1n) is 9.84. The number of hydrogen-bond donors (Lipinski definition) is 4. The zero-order chi connectivity index (χ0) is 21.2. The average molecular weight is 425 g/mol. The number of allylic oxidation sites excluding steroid dienone is 2. The monoisotopic (exact) mass is 424 g/mol. The number of carboxylic acids is 1. The molecule has 0 radical (unpaired) electrons. The van der Waals surface area contributed by atoms with E-state index in [4.69, 9.17) is 21.4 Å². The van der Waals surface area contributed by atoms with Crippen LogP contribution in [0.3, 0.4) is 0 Å². The molecular weight excluding hydrogens is 396 g/mol. The van der Waals surface area contributed by atoms with Crippen molar-refractivity contribution in [2.45, 2.75) is 50.4 Å². The molecule has 1 aromatic carbocycles. The van der Waals surface area contributed by atoms with Gasteiger partial charge in [-0.15, -0.1) is 0 Å². The first-order chi connectivity index (χ1) is 13.9. The van der Waals surface area contributed by atoms with E-state index >= 15 is 0 Å². The summed E-state index contributed by atoms with van der Waals surface area (Å²) < 4.78 is 5.51. The first kappa shape index (κ1) is 23.4. The van der Waals surface area contributed by atoms with E-state index in [0.717, 1.165) is 0 Å². The van der Waals surface area contributed by atoms with Crippen molar-refractivity contribution in [1.29, 1.82) is 0 Å². The molecular formula is C22H29ClO6. The first-order valence-corrected chi connectivity index (χ1v) is 10.2. The minimum absolute atomic E-state index is 0.0519. The van der Waals surface area contributed by atoms with Gasteiger partial charge in [0.15, 0.2) is 0 Å². The fourth-order valence-corrected chi connectivity index (χ4v) is 3.68. The molecule has 2 rings (SSSR count). The zero-order valence-electron chi connectivity index (χ0n) is 16.2. The molecule has 160 valence electrons. The third-order valence-electron chi connectivity index (χ3n) is 5.02. The van der Waals surface area contributed by atoms with E-state index in [0.29, 0.717) is 36.5 Å². The van der Waals surface area contributed by atoms with Crippen LogP contribution in [0.2, 0.25) is 5.02 Å². The van der Waals surface area contributed by atoms with E-state index < -0.39 is 24.3 Å². The molecule has 6 nitrogen and oxygen atoms in total. The number of ether oxygens (including phenoxy) is 1. The van der Waals surface area contributed by atoms with Crippen molar-refractivity contribution in [2.24, 2.45) is 11.8 Å². The summed E-state index contributed by atoms with van der Waals surface area (Å²) in [6.45, 7) is 0.0519. The molecule has 0 aliphatic heterocycles. The molecule has 4 N–H and O–H groups in total. The van der Waals surface area contributed by atoms with Crippen molar-refractivity contribution in [2.75, 3.05) is 6.61 Å². The summed E-state index contributed by atoms with van der Waals surface area (Å²) in [5, 5.41) is 39.8. The fourth-order valence-electron chi connectivity index (χ4n) is 3.50. The number of unbranched alkanes of at least 4 members (excludes halogenated alkanes) is 1. The number of aliphatic hydroxyl groups is 3. The van der Waals surface area contributed by atoms with Crippen molar-refractivity contribution in [3.05, 3.63) is 53.6 Å².